The lowest BCUT2D eigenvalue weighted by Gasteiger charge is -2.28. The highest BCUT2D eigenvalue weighted by atomic mass is 16.5. The van der Waals surface area contributed by atoms with Crippen LogP contribution in [0.3, 0.4) is 0 Å². The van der Waals surface area contributed by atoms with Gasteiger partial charge in [0.1, 0.15) is 5.75 Å². The summed E-state index contributed by atoms with van der Waals surface area (Å²) in [6.07, 6.45) is 0.988. The first-order valence-electron chi connectivity index (χ1n) is 6.87. The number of hydrogen-bond acceptors (Lipinski definition) is 4. The molecule has 108 valence electrons. The molecule has 5 heteroatoms. The van der Waals surface area contributed by atoms with Crippen LogP contribution < -0.4 is 10.1 Å². The number of ether oxygens (including phenoxy) is 1. The molecule has 1 N–H and O–H groups in total. The summed E-state index contributed by atoms with van der Waals surface area (Å²) >= 11 is 0. The normalized spacial score (nSPS) is 19.3. The molecule has 1 fully saturated rings. The van der Waals surface area contributed by atoms with E-state index in [4.69, 9.17) is 4.74 Å². The van der Waals surface area contributed by atoms with Gasteiger partial charge in [-0.15, -0.1) is 0 Å². The van der Waals surface area contributed by atoms with Crippen molar-refractivity contribution in [3.8, 4) is 5.75 Å². The van der Waals surface area contributed by atoms with Gasteiger partial charge in [-0.1, -0.05) is 12.1 Å². The predicted octanol–water partition coefficient (Wildman–Crippen LogP) is 1.32. The number of carbonyl (C=O) groups is 2. The molecule has 2 amide bonds. The summed E-state index contributed by atoms with van der Waals surface area (Å²) in [5.41, 5.74) is 1.08. The zero-order valence-electron chi connectivity index (χ0n) is 11.9. The van der Waals surface area contributed by atoms with Crippen molar-refractivity contribution in [1.29, 1.82) is 0 Å². The van der Waals surface area contributed by atoms with Gasteiger partial charge in [-0.05, 0) is 31.0 Å². The SMILES string of the molecule is CCOc1ccc(CNC2CCC(=O)N(C)C2=O)cc1. The van der Waals surface area contributed by atoms with Gasteiger partial charge in [0.15, 0.2) is 0 Å². The van der Waals surface area contributed by atoms with Crippen LogP contribution in [0, 0.1) is 0 Å². The number of likely N-dealkylation sites (tertiary alicyclic amines) is 1. The third-order valence-electron chi connectivity index (χ3n) is 3.44. The average molecular weight is 276 g/mol. The lowest BCUT2D eigenvalue weighted by Crippen LogP contribution is -2.51. The van der Waals surface area contributed by atoms with Crippen LogP contribution in [0.25, 0.3) is 0 Å². The quantitative estimate of drug-likeness (QED) is 0.824. The minimum Gasteiger partial charge on any atom is -0.494 e. The monoisotopic (exact) mass is 276 g/mol. The molecule has 0 bridgehead atoms. The van der Waals surface area contributed by atoms with Crippen LogP contribution in [0.2, 0.25) is 0 Å². The molecule has 0 saturated carbocycles. The summed E-state index contributed by atoms with van der Waals surface area (Å²) < 4.78 is 5.38. The second-order valence-corrected chi connectivity index (χ2v) is 4.84. The van der Waals surface area contributed by atoms with Crippen LogP contribution >= 0.6 is 0 Å². The van der Waals surface area contributed by atoms with Gasteiger partial charge < -0.3 is 10.1 Å². The Labute approximate surface area is 118 Å². The lowest BCUT2D eigenvalue weighted by molar-refractivity contribution is -0.148. The standard InChI is InChI=1S/C15H20N2O3/c1-3-20-12-6-4-11(5-7-12)10-16-13-8-9-14(18)17(2)15(13)19/h4-7,13,16H,3,8-10H2,1-2H3. The molecule has 1 heterocycles. The number of nitrogens with zero attached hydrogens (tertiary/aromatic N) is 1. The Balaban J connectivity index is 1.88. The minimum atomic E-state index is -0.274. The zero-order valence-corrected chi connectivity index (χ0v) is 11.9. The van der Waals surface area contributed by atoms with Crippen LogP contribution in [-0.4, -0.2) is 36.4 Å². The number of nitrogens with one attached hydrogen (secondary N) is 1. The van der Waals surface area contributed by atoms with Crippen molar-refractivity contribution in [3.05, 3.63) is 29.8 Å². The minimum absolute atomic E-state index is 0.103. The largest absolute Gasteiger partial charge is 0.494 e. The maximum Gasteiger partial charge on any atom is 0.246 e. The summed E-state index contributed by atoms with van der Waals surface area (Å²) in [5.74, 6) is 0.594. The molecule has 0 radical (unpaired) electrons. The molecule has 1 unspecified atom stereocenters. The summed E-state index contributed by atoms with van der Waals surface area (Å²) in [7, 11) is 1.54. The Morgan fingerprint density at radius 2 is 2.00 bits per heavy atom. The molecule has 1 aliphatic rings. The van der Waals surface area contributed by atoms with Crippen molar-refractivity contribution in [3.63, 3.8) is 0 Å². The van der Waals surface area contributed by atoms with E-state index in [1.54, 1.807) is 0 Å². The molecule has 1 saturated heterocycles. The molecule has 0 aromatic heterocycles. The maximum absolute atomic E-state index is 11.9. The molecule has 2 rings (SSSR count). The molecule has 0 aliphatic carbocycles. The van der Waals surface area contributed by atoms with E-state index in [1.165, 1.54) is 11.9 Å². The molecule has 1 aromatic rings. The topological polar surface area (TPSA) is 58.6 Å². The molecule has 5 nitrogen and oxygen atoms in total. The van der Waals surface area contributed by atoms with Gasteiger partial charge in [-0.2, -0.15) is 0 Å². The number of piperidine rings is 1. The fourth-order valence-corrected chi connectivity index (χ4v) is 2.22. The van der Waals surface area contributed by atoms with Crippen LogP contribution in [0.4, 0.5) is 0 Å². The van der Waals surface area contributed by atoms with Crippen molar-refractivity contribution in [2.24, 2.45) is 0 Å². The average Bonchev–Trinajstić information content (AvgIpc) is 2.46. The second kappa shape index (κ2) is 6.52. The first kappa shape index (κ1) is 14.5. The number of imide groups is 1. The molecular weight excluding hydrogens is 256 g/mol. The van der Waals surface area contributed by atoms with E-state index < -0.39 is 0 Å². The number of benzene rings is 1. The lowest BCUT2D eigenvalue weighted by atomic mass is 10.0. The summed E-state index contributed by atoms with van der Waals surface area (Å²) in [6.45, 7) is 3.20. The second-order valence-electron chi connectivity index (χ2n) is 4.84. The first-order valence-corrected chi connectivity index (χ1v) is 6.87. The van der Waals surface area contributed by atoms with Gasteiger partial charge in [-0.3, -0.25) is 14.5 Å². The van der Waals surface area contributed by atoms with Crippen LogP contribution in [0.1, 0.15) is 25.3 Å². The number of carbonyl (C=O) groups excluding carboxylic acids is 2. The van der Waals surface area contributed by atoms with E-state index in [-0.39, 0.29) is 17.9 Å². The van der Waals surface area contributed by atoms with Crippen molar-refractivity contribution < 1.29 is 14.3 Å². The van der Waals surface area contributed by atoms with E-state index in [9.17, 15) is 9.59 Å². The van der Waals surface area contributed by atoms with E-state index in [0.29, 0.717) is 26.0 Å². The van der Waals surface area contributed by atoms with E-state index in [0.717, 1.165) is 11.3 Å². The van der Waals surface area contributed by atoms with Gasteiger partial charge >= 0.3 is 0 Å². The number of rotatable bonds is 5. The van der Waals surface area contributed by atoms with Gasteiger partial charge in [-0.25, -0.2) is 0 Å². The molecule has 1 aliphatic heterocycles. The summed E-state index contributed by atoms with van der Waals surface area (Å²) in [4.78, 5) is 24.5. The summed E-state index contributed by atoms with van der Waals surface area (Å²) in [6, 6.07) is 7.50. The third kappa shape index (κ3) is 3.36. The van der Waals surface area contributed by atoms with Crippen LogP contribution in [0.15, 0.2) is 24.3 Å². The van der Waals surface area contributed by atoms with E-state index in [2.05, 4.69) is 5.32 Å². The van der Waals surface area contributed by atoms with Gasteiger partial charge in [0.2, 0.25) is 11.8 Å². The van der Waals surface area contributed by atoms with Gasteiger partial charge in [0.25, 0.3) is 0 Å². The maximum atomic E-state index is 11.9. The van der Waals surface area contributed by atoms with Crippen molar-refractivity contribution >= 4 is 11.8 Å². The van der Waals surface area contributed by atoms with Gasteiger partial charge in [0.05, 0.1) is 12.6 Å². The third-order valence-corrected chi connectivity index (χ3v) is 3.44. The first-order chi connectivity index (χ1) is 9.61. The number of hydrogen-bond donors (Lipinski definition) is 1. The smallest absolute Gasteiger partial charge is 0.246 e. The fraction of sp³-hybridized carbons (Fsp3) is 0.467. The summed E-state index contributed by atoms with van der Waals surface area (Å²) in [5, 5.41) is 3.21. The predicted molar refractivity (Wildman–Crippen MR) is 75.2 cm³/mol. The molecule has 1 atom stereocenters. The highest BCUT2D eigenvalue weighted by molar-refractivity contribution is 6.00. The van der Waals surface area contributed by atoms with Crippen molar-refractivity contribution in [1.82, 2.24) is 10.2 Å². The number of amides is 2. The zero-order chi connectivity index (χ0) is 14.5. The Morgan fingerprint density at radius 3 is 2.65 bits per heavy atom. The Bertz CT molecular complexity index is 484. The Hall–Kier alpha value is -1.88. The van der Waals surface area contributed by atoms with E-state index >= 15 is 0 Å². The highest BCUT2D eigenvalue weighted by Crippen LogP contribution is 2.14. The van der Waals surface area contributed by atoms with Gasteiger partial charge in [0, 0.05) is 20.0 Å². The molecule has 20 heavy (non-hydrogen) atoms. The fourth-order valence-electron chi connectivity index (χ4n) is 2.22. The highest BCUT2D eigenvalue weighted by Gasteiger charge is 2.31. The van der Waals surface area contributed by atoms with Crippen LogP contribution in [0.5, 0.6) is 5.75 Å². The van der Waals surface area contributed by atoms with Crippen molar-refractivity contribution in [2.45, 2.75) is 32.4 Å². The Morgan fingerprint density at radius 1 is 1.30 bits per heavy atom. The number of likely N-dealkylation sites (N-methyl/N-ethyl adjacent to an activating group) is 1. The molecule has 1 aromatic carbocycles. The molecular formula is C15H20N2O3. The van der Waals surface area contributed by atoms with Crippen molar-refractivity contribution in [2.75, 3.05) is 13.7 Å². The van der Waals surface area contributed by atoms with Crippen LogP contribution in [-0.2, 0) is 16.1 Å². The molecule has 0 spiro atoms. The van der Waals surface area contributed by atoms with E-state index in [1.807, 2.05) is 31.2 Å². The Kier molecular flexibility index (Phi) is 4.74.